The summed E-state index contributed by atoms with van der Waals surface area (Å²) in [6.45, 7) is 6.41. The summed E-state index contributed by atoms with van der Waals surface area (Å²) in [5, 5.41) is 0. The summed E-state index contributed by atoms with van der Waals surface area (Å²) in [7, 11) is 7.43. The molecule has 2 aliphatic rings. The van der Waals surface area contributed by atoms with Gasteiger partial charge < -0.3 is 28.7 Å². The predicted molar refractivity (Wildman–Crippen MR) is 154 cm³/mol. The lowest BCUT2D eigenvalue weighted by Crippen LogP contribution is -2.23. The third-order valence-corrected chi connectivity index (χ3v) is 6.95. The quantitative estimate of drug-likeness (QED) is 0.385. The minimum Gasteiger partial charge on any atom is -0.493 e. The molecule has 204 valence electrons. The molecule has 3 aromatic rings. The van der Waals surface area contributed by atoms with E-state index in [-0.39, 0.29) is 0 Å². The van der Waals surface area contributed by atoms with Gasteiger partial charge in [0.15, 0.2) is 23.0 Å². The van der Waals surface area contributed by atoms with E-state index < -0.39 is 0 Å². The molecule has 0 fully saturated rings. The fourth-order valence-electron chi connectivity index (χ4n) is 4.98. The third kappa shape index (κ3) is 5.95. The molecule has 0 saturated heterocycles. The second-order valence-electron chi connectivity index (χ2n) is 9.89. The van der Waals surface area contributed by atoms with Crippen molar-refractivity contribution >= 4 is 11.7 Å². The lowest BCUT2D eigenvalue weighted by Gasteiger charge is -2.17. The van der Waals surface area contributed by atoms with Crippen molar-refractivity contribution in [3.63, 3.8) is 0 Å². The first-order chi connectivity index (χ1) is 18.9. The molecule has 0 aromatic heterocycles. The van der Waals surface area contributed by atoms with Gasteiger partial charge in [-0.1, -0.05) is 17.7 Å². The Kier molecular flexibility index (Phi) is 7.91. The minimum absolute atomic E-state index is 0.416. The standard InChI is InChI=1S/C31H36N4O4/c1-21-14-22(19-38-26-8-6-24(17-28(26)36-4)30-32-10-12-34(30)2)16-23(15-21)20-39-27-9-7-25(18-29(27)37-5)31-33-11-13-35(31)3/h6-9,14-18H,10-13,19-20H2,1-5H3. The highest BCUT2D eigenvalue weighted by atomic mass is 16.5. The van der Waals surface area contributed by atoms with E-state index in [4.69, 9.17) is 18.9 Å². The fourth-order valence-corrected chi connectivity index (χ4v) is 4.98. The van der Waals surface area contributed by atoms with Crippen LogP contribution in [0.4, 0.5) is 0 Å². The highest BCUT2D eigenvalue weighted by Crippen LogP contribution is 2.31. The second-order valence-corrected chi connectivity index (χ2v) is 9.89. The summed E-state index contributed by atoms with van der Waals surface area (Å²) < 4.78 is 23.6. The smallest absolute Gasteiger partial charge is 0.161 e. The van der Waals surface area contributed by atoms with Crippen molar-refractivity contribution in [1.82, 2.24) is 9.80 Å². The van der Waals surface area contributed by atoms with Crippen LogP contribution in [0.3, 0.4) is 0 Å². The van der Waals surface area contributed by atoms with Gasteiger partial charge in [-0.15, -0.1) is 0 Å². The number of hydrogen-bond acceptors (Lipinski definition) is 8. The van der Waals surface area contributed by atoms with E-state index in [1.54, 1.807) is 14.2 Å². The van der Waals surface area contributed by atoms with Gasteiger partial charge in [-0.3, -0.25) is 9.98 Å². The number of nitrogens with zero attached hydrogens (tertiary/aromatic N) is 4. The van der Waals surface area contributed by atoms with E-state index in [9.17, 15) is 0 Å². The highest BCUT2D eigenvalue weighted by molar-refractivity contribution is 6.00. The average molecular weight is 529 g/mol. The van der Waals surface area contributed by atoms with E-state index in [0.717, 1.165) is 65.7 Å². The Morgan fingerprint density at radius 2 is 1.10 bits per heavy atom. The Bertz CT molecular complexity index is 1300. The van der Waals surface area contributed by atoms with Crippen LogP contribution in [0.5, 0.6) is 23.0 Å². The van der Waals surface area contributed by atoms with Crippen molar-refractivity contribution < 1.29 is 18.9 Å². The molecule has 0 aliphatic carbocycles. The molecule has 2 heterocycles. The van der Waals surface area contributed by atoms with Gasteiger partial charge in [-0.25, -0.2) is 0 Å². The van der Waals surface area contributed by atoms with Crippen LogP contribution in [-0.4, -0.2) is 76.0 Å². The number of rotatable bonds is 10. The SMILES string of the molecule is COc1cc(C2=NCCN2C)ccc1OCc1cc(C)cc(COc2ccc(C3=NCCN3C)cc2OC)c1. The zero-order valence-corrected chi connectivity index (χ0v) is 23.4. The Balaban J connectivity index is 1.25. The zero-order chi connectivity index (χ0) is 27.4. The first-order valence-corrected chi connectivity index (χ1v) is 13.2. The molecule has 5 rings (SSSR count). The van der Waals surface area contributed by atoms with E-state index in [0.29, 0.717) is 36.2 Å². The Morgan fingerprint density at radius 3 is 1.49 bits per heavy atom. The normalized spacial score (nSPS) is 14.8. The number of ether oxygens (including phenoxy) is 4. The molecule has 0 amide bonds. The van der Waals surface area contributed by atoms with E-state index >= 15 is 0 Å². The fraction of sp³-hybridized carbons (Fsp3) is 0.355. The number of amidine groups is 2. The molecule has 0 spiro atoms. The van der Waals surface area contributed by atoms with Crippen LogP contribution in [0.2, 0.25) is 0 Å². The third-order valence-electron chi connectivity index (χ3n) is 6.95. The number of likely N-dealkylation sites (N-methyl/N-ethyl adjacent to an activating group) is 2. The van der Waals surface area contributed by atoms with Gasteiger partial charge in [0.2, 0.25) is 0 Å². The zero-order valence-electron chi connectivity index (χ0n) is 23.4. The van der Waals surface area contributed by atoms with Crippen LogP contribution >= 0.6 is 0 Å². The van der Waals surface area contributed by atoms with E-state index in [2.05, 4.69) is 59.0 Å². The van der Waals surface area contributed by atoms with Crippen molar-refractivity contribution in [3.8, 4) is 23.0 Å². The molecule has 0 saturated carbocycles. The topological polar surface area (TPSA) is 68.1 Å². The van der Waals surface area contributed by atoms with Crippen LogP contribution in [-0.2, 0) is 13.2 Å². The number of aliphatic imine (C=N–C) groups is 2. The summed E-state index contributed by atoms with van der Waals surface area (Å²) in [6.07, 6.45) is 0. The van der Waals surface area contributed by atoms with Crippen molar-refractivity contribution in [2.75, 3.05) is 54.5 Å². The first-order valence-electron chi connectivity index (χ1n) is 13.2. The molecule has 8 nitrogen and oxygen atoms in total. The van der Waals surface area contributed by atoms with Gasteiger partial charge in [-0.05, 0) is 60.5 Å². The van der Waals surface area contributed by atoms with Crippen LogP contribution < -0.4 is 18.9 Å². The largest absolute Gasteiger partial charge is 0.493 e. The number of methoxy groups -OCH3 is 2. The maximum absolute atomic E-state index is 6.18. The number of aryl methyl sites for hydroxylation is 1. The molecule has 8 heteroatoms. The van der Waals surface area contributed by atoms with Crippen LogP contribution in [0.1, 0.15) is 27.8 Å². The molecule has 0 bridgehead atoms. The predicted octanol–water partition coefficient (Wildman–Crippen LogP) is 4.55. The second kappa shape index (κ2) is 11.7. The van der Waals surface area contributed by atoms with Gasteiger partial charge in [0, 0.05) is 38.3 Å². The lowest BCUT2D eigenvalue weighted by atomic mass is 10.1. The number of benzene rings is 3. The molecular weight excluding hydrogens is 492 g/mol. The molecule has 39 heavy (non-hydrogen) atoms. The Morgan fingerprint density at radius 1 is 0.641 bits per heavy atom. The Labute approximate surface area is 230 Å². The van der Waals surface area contributed by atoms with Crippen LogP contribution in [0.15, 0.2) is 64.6 Å². The molecule has 3 aromatic carbocycles. The van der Waals surface area contributed by atoms with E-state index in [1.807, 2.05) is 36.4 Å². The molecule has 0 atom stereocenters. The summed E-state index contributed by atoms with van der Waals surface area (Å²) in [5.74, 6) is 4.74. The van der Waals surface area contributed by atoms with Crippen LogP contribution in [0.25, 0.3) is 0 Å². The summed E-state index contributed by atoms with van der Waals surface area (Å²) in [6, 6.07) is 18.3. The summed E-state index contributed by atoms with van der Waals surface area (Å²) in [4.78, 5) is 13.5. The summed E-state index contributed by atoms with van der Waals surface area (Å²) in [5.41, 5.74) is 5.32. The average Bonchev–Trinajstić information content (AvgIpc) is 3.58. The van der Waals surface area contributed by atoms with Crippen molar-refractivity contribution in [2.24, 2.45) is 9.98 Å². The van der Waals surface area contributed by atoms with Gasteiger partial charge in [0.25, 0.3) is 0 Å². The summed E-state index contributed by atoms with van der Waals surface area (Å²) >= 11 is 0. The van der Waals surface area contributed by atoms with Crippen molar-refractivity contribution in [2.45, 2.75) is 20.1 Å². The molecule has 0 N–H and O–H groups in total. The lowest BCUT2D eigenvalue weighted by molar-refractivity contribution is 0.279. The van der Waals surface area contributed by atoms with Crippen molar-refractivity contribution in [3.05, 3.63) is 82.4 Å². The molecular formula is C31H36N4O4. The number of hydrogen-bond donors (Lipinski definition) is 0. The Hall–Kier alpha value is -4.20. The molecule has 0 radical (unpaired) electrons. The maximum atomic E-state index is 6.18. The van der Waals surface area contributed by atoms with Crippen molar-refractivity contribution in [1.29, 1.82) is 0 Å². The van der Waals surface area contributed by atoms with Gasteiger partial charge in [-0.2, -0.15) is 0 Å². The van der Waals surface area contributed by atoms with Gasteiger partial charge in [0.05, 0.1) is 27.3 Å². The molecule has 2 aliphatic heterocycles. The maximum Gasteiger partial charge on any atom is 0.161 e. The molecule has 0 unspecified atom stereocenters. The monoisotopic (exact) mass is 528 g/mol. The minimum atomic E-state index is 0.416. The van der Waals surface area contributed by atoms with Gasteiger partial charge in [0.1, 0.15) is 24.9 Å². The van der Waals surface area contributed by atoms with Gasteiger partial charge >= 0.3 is 0 Å². The highest BCUT2D eigenvalue weighted by Gasteiger charge is 2.18. The first kappa shape index (κ1) is 26.4. The van der Waals surface area contributed by atoms with Crippen LogP contribution in [0, 0.1) is 6.92 Å². The van der Waals surface area contributed by atoms with E-state index in [1.165, 1.54) is 0 Å².